The van der Waals surface area contributed by atoms with Crippen molar-refractivity contribution in [2.75, 3.05) is 12.3 Å². The summed E-state index contributed by atoms with van der Waals surface area (Å²) in [4.78, 5) is 0. The van der Waals surface area contributed by atoms with Gasteiger partial charge in [0, 0.05) is 7.45 Å². The summed E-state index contributed by atoms with van der Waals surface area (Å²) in [6, 6.07) is 0. The zero-order valence-corrected chi connectivity index (χ0v) is 7.04. The van der Waals surface area contributed by atoms with Crippen molar-refractivity contribution in [3.05, 3.63) is 0 Å². The molecule has 0 saturated carbocycles. The van der Waals surface area contributed by atoms with Crippen molar-refractivity contribution >= 4 is 24.0 Å². The van der Waals surface area contributed by atoms with E-state index in [1.165, 1.54) is 18.7 Å². The SMILES string of the molecule is NP1PCCCP1. The van der Waals surface area contributed by atoms with E-state index in [1.807, 2.05) is 0 Å². The quantitative estimate of drug-likeness (QED) is 0.528. The number of hydrogen-bond donors (Lipinski definition) is 1. The van der Waals surface area contributed by atoms with Crippen molar-refractivity contribution < 1.29 is 0 Å². The monoisotopic (exact) mass is 153 g/mol. The third-order valence-electron chi connectivity index (χ3n) is 0.918. The highest BCUT2D eigenvalue weighted by Crippen LogP contribution is 2.66. The first-order valence-electron chi connectivity index (χ1n) is 2.41. The molecule has 0 amide bonds. The van der Waals surface area contributed by atoms with E-state index in [-0.39, 0.29) is 7.45 Å². The number of hydrogen-bond acceptors (Lipinski definition) is 1. The van der Waals surface area contributed by atoms with Gasteiger partial charge in [-0.25, -0.2) is 0 Å². The summed E-state index contributed by atoms with van der Waals surface area (Å²) in [6.07, 6.45) is 4.30. The molecule has 1 aliphatic heterocycles. The summed E-state index contributed by atoms with van der Waals surface area (Å²) in [5.74, 6) is 0. The molecule has 7 heavy (non-hydrogen) atoms. The maximum Gasteiger partial charge on any atom is 0.00268 e. The first kappa shape index (κ1) is 6.37. The maximum absolute atomic E-state index is 5.72. The Hall–Kier alpha value is 1.25. The van der Waals surface area contributed by atoms with E-state index in [4.69, 9.17) is 5.50 Å². The summed E-state index contributed by atoms with van der Waals surface area (Å²) >= 11 is 0. The van der Waals surface area contributed by atoms with Crippen LogP contribution in [-0.2, 0) is 0 Å². The smallest absolute Gasteiger partial charge is 0.00268 e. The van der Waals surface area contributed by atoms with Gasteiger partial charge in [-0.3, -0.25) is 0 Å². The first-order valence-corrected chi connectivity index (χ1v) is 7.92. The molecule has 1 fully saturated rings. The van der Waals surface area contributed by atoms with Crippen molar-refractivity contribution in [1.29, 1.82) is 0 Å². The normalized spacial score (nSPS) is 39.9. The lowest BCUT2D eigenvalue weighted by atomic mass is 10.6. The second-order valence-corrected chi connectivity index (χ2v) is 10.0. The minimum atomic E-state index is 0.0639. The van der Waals surface area contributed by atoms with Gasteiger partial charge in [0.05, 0.1) is 0 Å². The van der Waals surface area contributed by atoms with Crippen LogP contribution in [0.2, 0.25) is 0 Å². The molecule has 0 aromatic rings. The summed E-state index contributed by atoms with van der Waals surface area (Å²) in [6.45, 7) is 0. The summed E-state index contributed by atoms with van der Waals surface area (Å²) < 4.78 is 0. The number of rotatable bonds is 0. The molecule has 2 N–H and O–H groups in total. The summed E-state index contributed by atoms with van der Waals surface area (Å²) in [5, 5.41) is 0. The van der Waals surface area contributed by atoms with E-state index in [2.05, 4.69) is 0 Å². The third-order valence-corrected chi connectivity index (χ3v) is 8.99. The highest BCUT2D eigenvalue weighted by molar-refractivity contribution is 8.51. The Morgan fingerprint density at radius 2 is 1.86 bits per heavy atom. The Morgan fingerprint density at radius 1 is 1.29 bits per heavy atom. The molecule has 1 rings (SSSR count). The predicted octanol–water partition coefficient (Wildman–Crippen LogP) is 1.93. The molecule has 0 spiro atoms. The molecule has 0 aromatic carbocycles. The van der Waals surface area contributed by atoms with Crippen LogP contribution >= 0.6 is 24.0 Å². The van der Waals surface area contributed by atoms with Crippen molar-refractivity contribution in [2.45, 2.75) is 6.42 Å². The maximum atomic E-state index is 5.72. The zero-order chi connectivity index (χ0) is 5.11. The average molecular weight is 153 g/mol. The van der Waals surface area contributed by atoms with Crippen LogP contribution in [0.1, 0.15) is 6.42 Å². The zero-order valence-electron chi connectivity index (χ0n) is 4.15. The Bertz CT molecular complexity index is 52.1. The lowest BCUT2D eigenvalue weighted by Gasteiger charge is -2.16. The van der Waals surface area contributed by atoms with Gasteiger partial charge in [0.1, 0.15) is 0 Å². The third kappa shape index (κ3) is 2.34. The average Bonchev–Trinajstić information content (AvgIpc) is 1.69. The van der Waals surface area contributed by atoms with E-state index in [0.717, 1.165) is 16.5 Å². The Morgan fingerprint density at radius 3 is 2.14 bits per heavy atom. The van der Waals surface area contributed by atoms with E-state index in [1.54, 1.807) is 0 Å². The fraction of sp³-hybridized carbons (Fsp3) is 1.00. The van der Waals surface area contributed by atoms with E-state index >= 15 is 0 Å². The van der Waals surface area contributed by atoms with Crippen LogP contribution in [0.15, 0.2) is 0 Å². The second-order valence-electron chi connectivity index (χ2n) is 1.54. The van der Waals surface area contributed by atoms with Crippen LogP contribution in [-0.4, -0.2) is 12.3 Å². The van der Waals surface area contributed by atoms with Crippen molar-refractivity contribution in [2.24, 2.45) is 5.50 Å². The van der Waals surface area contributed by atoms with Gasteiger partial charge in [0.2, 0.25) is 0 Å². The Labute approximate surface area is 49.0 Å². The summed E-state index contributed by atoms with van der Waals surface area (Å²) in [5.41, 5.74) is 5.72. The van der Waals surface area contributed by atoms with Gasteiger partial charge in [-0.1, -0.05) is 16.5 Å². The van der Waals surface area contributed by atoms with Gasteiger partial charge in [-0.2, -0.15) is 0 Å². The molecule has 4 heteroatoms. The van der Waals surface area contributed by atoms with Gasteiger partial charge in [0.15, 0.2) is 0 Å². The Kier molecular flexibility index (Phi) is 3.01. The molecule has 0 aliphatic carbocycles. The highest BCUT2D eigenvalue weighted by atomic mass is 32.4. The van der Waals surface area contributed by atoms with Crippen molar-refractivity contribution in [1.82, 2.24) is 0 Å². The lowest BCUT2D eigenvalue weighted by Crippen LogP contribution is -1.88. The molecular weight excluding hydrogens is 143 g/mol. The van der Waals surface area contributed by atoms with Crippen LogP contribution in [0.3, 0.4) is 0 Å². The molecule has 2 atom stereocenters. The van der Waals surface area contributed by atoms with Crippen LogP contribution in [0.5, 0.6) is 0 Å². The lowest BCUT2D eigenvalue weighted by molar-refractivity contribution is 1.12. The predicted molar refractivity (Wildman–Crippen MR) is 42.1 cm³/mol. The molecule has 42 valence electrons. The number of nitrogens with two attached hydrogens (primary N) is 1. The molecule has 0 aromatic heterocycles. The molecule has 0 bridgehead atoms. The minimum absolute atomic E-state index is 0.0639. The molecule has 1 saturated heterocycles. The molecular formula is C3H10NP3. The topological polar surface area (TPSA) is 26.0 Å². The molecule has 1 heterocycles. The van der Waals surface area contributed by atoms with Crippen LogP contribution < -0.4 is 5.50 Å². The minimum Gasteiger partial charge on any atom is -0.303 e. The van der Waals surface area contributed by atoms with Crippen molar-refractivity contribution in [3.8, 4) is 0 Å². The van der Waals surface area contributed by atoms with E-state index in [9.17, 15) is 0 Å². The van der Waals surface area contributed by atoms with E-state index in [0.29, 0.717) is 0 Å². The highest BCUT2D eigenvalue weighted by Gasteiger charge is 2.05. The van der Waals surface area contributed by atoms with Gasteiger partial charge in [-0.15, -0.1) is 0 Å². The standard InChI is InChI=1S/C3H10NP3/c4-7-5-2-1-3-6-7/h5-6H,1-4H2. The van der Waals surface area contributed by atoms with Gasteiger partial charge < -0.3 is 5.50 Å². The first-order chi connectivity index (χ1) is 3.39. The van der Waals surface area contributed by atoms with Gasteiger partial charge in [0.25, 0.3) is 0 Å². The second kappa shape index (κ2) is 3.31. The van der Waals surface area contributed by atoms with E-state index < -0.39 is 0 Å². The fourth-order valence-corrected chi connectivity index (χ4v) is 7.91. The Balaban J connectivity index is 2.12. The fourth-order valence-electron chi connectivity index (χ4n) is 0.543. The van der Waals surface area contributed by atoms with Crippen LogP contribution in [0.4, 0.5) is 0 Å². The largest absolute Gasteiger partial charge is 0.303 e. The molecule has 1 nitrogen and oxygen atoms in total. The van der Waals surface area contributed by atoms with Crippen molar-refractivity contribution in [3.63, 3.8) is 0 Å². The van der Waals surface area contributed by atoms with Crippen LogP contribution in [0.25, 0.3) is 0 Å². The molecule has 1 aliphatic rings. The summed E-state index contributed by atoms with van der Waals surface area (Å²) in [7, 11) is 2.32. The van der Waals surface area contributed by atoms with Gasteiger partial charge >= 0.3 is 0 Å². The molecule has 2 unspecified atom stereocenters. The van der Waals surface area contributed by atoms with Gasteiger partial charge in [-0.05, 0) is 18.7 Å². The van der Waals surface area contributed by atoms with Crippen LogP contribution in [0, 0.1) is 0 Å². The molecule has 0 radical (unpaired) electrons.